The van der Waals surface area contributed by atoms with Crippen LogP contribution in [0, 0.1) is 0 Å². The number of morpholine rings is 1. The first-order valence-corrected chi connectivity index (χ1v) is 14.6. The number of fused-ring (bicyclic) bond motifs is 3. The van der Waals surface area contributed by atoms with Crippen molar-refractivity contribution in [3.05, 3.63) is 70.5 Å². The Labute approximate surface area is 235 Å². The molecule has 0 atom stereocenters. The highest BCUT2D eigenvalue weighted by molar-refractivity contribution is 9.11. The molecule has 2 saturated heterocycles. The average molecular weight is 583 g/mol. The molecule has 4 heterocycles. The fourth-order valence-electron chi connectivity index (χ4n) is 5.65. The van der Waals surface area contributed by atoms with Crippen molar-refractivity contribution in [3.8, 4) is 5.75 Å². The standard InChI is InChI=1S/C30H40BrN5O2/c1-3-27(8-7-24(2)31)36-14-12-34(13-15-36)21-25-20-26-22-35(11-5-10-33-16-18-37-19-17-33)23-38-30(26)29-28(25)6-4-9-32-29/h3-4,6-9,20H,2,5,10-19,21-23H2,1H3/b8-7-,27-3+. The zero-order chi connectivity index (χ0) is 26.3. The van der Waals surface area contributed by atoms with E-state index in [1.54, 1.807) is 0 Å². The number of hydrogen-bond acceptors (Lipinski definition) is 7. The molecule has 0 amide bonds. The van der Waals surface area contributed by atoms with E-state index in [2.05, 4.69) is 73.3 Å². The van der Waals surface area contributed by atoms with Crippen LogP contribution in [0.3, 0.4) is 0 Å². The fourth-order valence-corrected chi connectivity index (χ4v) is 5.79. The third-order valence-corrected chi connectivity index (χ3v) is 7.97. The molecule has 1 aromatic heterocycles. The van der Waals surface area contributed by atoms with Crippen LogP contribution < -0.4 is 4.74 Å². The smallest absolute Gasteiger partial charge is 0.152 e. The molecule has 8 heteroatoms. The highest BCUT2D eigenvalue weighted by atomic mass is 79.9. The van der Waals surface area contributed by atoms with Crippen molar-refractivity contribution < 1.29 is 9.47 Å². The van der Waals surface area contributed by atoms with Crippen molar-refractivity contribution in [1.29, 1.82) is 0 Å². The van der Waals surface area contributed by atoms with Gasteiger partial charge in [-0.3, -0.25) is 19.7 Å². The summed E-state index contributed by atoms with van der Waals surface area (Å²) >= 11 is 3.42. The third-order valence-electron chi connectivity index (χ3n) is 7.71. The second kappa shape index (κ2) is 13.2. The Morgan fingerprint density at radius 2 is 1.84 bits per heavy atom. The first-order valence-electron chi connectivity index (χ1n) is 13.8. The largest absolute Gasteiger partial charge is 0.475 e. The van der Waals surface area contributed by atoms with E-state index in [9.17, 15) is 0 Å². The van der Waals surface area contributed by atoms with E-state index in [4.69, 9.17) is 14.5 Å². The van der Waals surface area contributed by atoms with Gasteiger partial charge in [0.25, 0.3) is 0 Å². The summed E-state index contributed by atoms with van der Waals surface area (Å²) in [4.78, 5) is 14.7. The van der Waals surface area contributed by atoms with Crippen LogP contribution in [0.15, 0.2) is 59.4 Å². The van der Waals surface area contributed by atoms with Gasteiger partial charge in [0.15, 0.2) is 5.75 Å². The molecule has 0 radical (unpaired) electrons. The summed E-state index contributed by atoms with van der Waals surface area (Å²) < 4.78 is 12.7. The number of piperazine rings is 1. The second-order valence-corrected chi connectivity index (χ2v) is 11.3. The molecule has 0 unspecified atom stereocenters. The fraction of sp³-hybridized carbons (Fsp3) is 0.500. The minimum atomic E-state index is 0.632. The highest BCUT2D eigenvalue weighted by Gasteiger charge is 2.24. The van der Waals surface area contributed by atoms with Crippen molar-refractivity contribution in [2.75, 3.05) is 72.3 Å². The zero-order valence-electron chi connectivity index (χ0n) is 22.6. The molecule has 0 bridgehead atoms. The van der Waals surface area contributed by atoms with Crippen LogP contribution in [-0.4, -0.2) is 96.9 Å². The van der Waals surface area contributed by atoms with Crippen molar-refractivity contribution in [2.24, 2.45) is 0 Å². The van der Waals surface area contributed by atoms with Gasteiger partial charge in [0, 0.05) is 86.2 Å². The van der Waals surface area contributed by atoms with Gasteiger partial charge in [-0.15, -0.1) is 0 Å². The number of aromatic nitrogens is 1. The number of nitrogens with zero attached hydrogens (tertiary/aromatic N) is 5. The Hall–Kier alpha value is -2.23. The van der Waals surface area contributed by atoms with E-state index >= 15 is 0 Å². The summed E-state index contributed by atoms with van der Waals surface area (Å²) in [5.41, 5.74) is 4.86. The molecule has 0 saturated carbocycles. The van der Waals surface area contributed by atoms with E-state index in [1.165, 1.54) is 22.2 Å². The summed E-state index contributed by atoms with van der Waals surface area (Å²) in [6.45, 7) is 18.6. The van der Waals surface area contributed by atoms with Gasteiger partial charge < -0.3 is 14.4 Å². The molecule has 5 rings (SSSR count). The summed E-state index contributed by atoms with van der Waals surface area (Å²) in [6.07, 6.45) is 9.37. The molecule has 2 fully saturated rings. The summed E-state index contributed by atoms with van der Waals surface area (Å²) in [7, 11) is 0. The minimum absolute atomic E-state index is 0.632. The maximum absolute atomic E-state index is 6.32. The van der Waals surface area contributed by atoms with E-state index < -0.39 is 0 Å². The molecule has 2 aromatic rings. The van der Waals surface area contributed by atoms with Gasteiger partial charge in [-0.05, 0) is 49.7 Å². The lowest BCUT2D eigenvalue weighted by molar-refractivity contribution is 0.0331. The number of hydrogen-bond donors (Lipinski definition) is 0. The predicted molar refractivity (Wildman–Crippen MR) is 157 cm³/mol. The number of ether oxygens (including phenoxy) is 2. The molecule has 3 aliphatic heterocycles. The van der Waals surface area contributed by atoms with Gasteiger partial charge in [-0.2, -0.15) is 0 Å². The molecular formula is C30H40BrN5O2. The van der Waals surface area contributed by atoms with Crippen molar-refractivity contribution in [1.82, 2.24) is 24.6 Å². The van der Waals surface area contributed by atoms with Crippen LogP contribution in [0.4, 0.5) is 0 Å². The van der Waals surface area contributed by atoms with Gasteiger partial charge in [0.2, 0.25) is 0 Å². The zero-order valence-corrected chi connectivity index (χ0v) is 24.2. The van der Waals surface area contributed by atoms with Gasteiger partial charge in [0.1, 0.15) is 12.2 Å². The van der Waals surface area contributed by atoms with Gasteiger partial charge in [-0.25, -0.2) is 0 Å². The molecule has 204 valence electrons. The highest BCUT2D eigenvalue weighted by Crippen LogP contribution is 2.35. The molecule has 38 heavy (non-hydrogen) atoms. The Balaban J connectivity index is 1.23. The minimum Gasteiger partial charge on any atom is -0.475 e. The Morgan fingerprint density at radius 3 is 2.61 bits per heavy atom. The molecule has 0 spiro atoms. The lowest BCUT2D eigenvalue weighted by Crippen LogP contribution is -2.45. The Bertz CT molecular complexity index is 1170. The molecular weight excluding hydrogens is 542 g/mol. The lowest BCUT2D eigenvalue weighted by atomic mass is 10.0. The Kier molecular flexibility index (Phi) is 9.51. The van der Waals surface area contributed by atoms with E-state index in [1.807, 2.05) is 18.3 Å². The number of halogens is 1. The van der Waals surface area contributed by atoms with Gasteiger partial charge >= 0.3 is 0 Å². The van der Waals surface area contributed by atoms with Crippen molar-refractivity contribution in [2.45, 2.75) is 26.4 Å². The molecule has 3 aliphatic rings. The normalized spacial score (nSPS) is 20.2. The number of pyridine rings is 1. The van der Waals surface area contributed by atoms with Crippen LogP contribution in [0.2, 0.25) is 0 Å². The molecule has 7 nitrogen and oxygen atoms in total. The van der Waals surface area contributed by atoms with Crippen LogP contribution in [0.5, 0.6) is 5.75 Å². The summed E-state index contributed by atoms with van der Waals surface area (Å²) in [5, 5.41) is 1.21. The van der Waals surface area contributed by atoms with Crippen LogP contribution >= 0.6 is 15.9 Å². The maximum Gasteiger partial charge on any atom is 0.152 e. The second-order valence-electron chi connectivity index (χ2n) is 10.3. The van der Waals surface area contributed by atoms with Crippen LogP contribution in [0.1, 0.15) is 24.5 Å². The van der Waals surface area contributed by atoms with Crippen LogP contribution in [0.25, 0.3) is 10.9 Å². The topological polar surface area (TPSA) is 44.3 Å². The number of allylic oxidation sites excluding steroid dienone is 4. The average Bonchev–Trinajstić information content (AvgIpc) is 2.94. The summed E-state index contributed by atoms with van der Waals surface area (Å²) in [5.74, 6) is 0.969. The first-order chi connectivity index (χ1) is 18.6. The number of benzene rings is 1. The molecule has 0 aliphatic carbocycles. The molecule has 0 N–H and O–H groups in total. The first kappa shape index (κ1) is 27.3. The predicted octanol–water partition coefficient (Wildman–Crippen LogP) is 4.60. The van der Waals surface area contributed by atoms with Crippen LogP contribution in [-0.2, 0) is 17.8 Å². The van der Waals surface area contributed by atoms with Gasteiger partial charge in [0.05, 0.1) is 13.2 Å². The van der Waals surface area contributed by atoms with Crippen molar-refractivity contribution in [3.63, 3.8) is 0 Å². The maximum atomic E-state index is 6.32. The number of rotatable bonds is 9. The van der Waals surface area contributed by atoms with Crippen molar-refractivity contribution >= 4 is 26.8 Å². The SMILES string of the molecule is C=C(Br)/C=C\C(=C/C)N1CCN(Cc2cc3c(c4ncccc24)OCN(CCCN2CCOCC2)C3)CC1. The Morgan fingerprint density at radius 1 is 1.05 bits per heavy atom. The summed E-state index contributed by atoms with van der Waals surface area (Å²) in [6, 6.07) is 6.61. The van der Waals surface area contributed by atoms with E-state index in [0.29, 0.717) is 6.73 Å². The van der Waals surface area contributed by atoms with Gasteiger partial charge in [-0.1, -0.05) is 34.7 Å². The third kappa shape index (κ3) is 6.85. The monoisotopic (exact) mass is 581 g/mol. The quantitative estimate of drug-likeness (QED) is 0.401. The van der Waals surface area contributed by atoms with E-state index in [0.717, 1.165) is 101 Å². The lowest BCUT2D eigenvalue weighted by Gasteiger charge is -2.37. The van der Waals surface area contributed by atoms with E-state index in [-0.39, 0.29) is 0 Å². The molecule has 1 aromatic carbocycles.